The van der Waals surface area contributed by atoms with Gasteiger partial charge in [-0.2, -0.15) is 0 Å². The first-order valence-electron chi connectivity index (χ1n) is 7.28. The minimum absolute atomic E-state index is 0.0111. The molecule has 4 nitrogen and oxygen atoms in total. The lowest BCUT2D eigenvalue weighted by Crippen LogP contribution is -2.44. The maximum absolute atomic E-state index is 12.5. The molecule has 110 valence electrons. The van der Waals surface area contributed by atoms with Gasteiger partial charge in [0.05, 0.1) is 6.10 Å². The maximum Gasteiger partial charge on any atom is 0.263 e. The van der Waals surface area contributed by atoms with Crippen LogP contribution in [0, 0.1) is 0 Å². The number of hydrogen-bond acceptors (Lipinski definition) is 3. The van der Waals surface area contributed by atoms with E-state index in [1.54, 1.807) is 13.8 Å². The first kappa shape index (κ1) is 14.9. The smallest absolute Gasteiger partial charge is 0.263 e. The van der Waals surface area contributed by atoms with Crippen LogP contribution < -0.4 is 4.74 Å². The van der Waals surface area contributed by atoms with Crippen LogP contribution >= 0.6 is 0 Å². The molecular weight excluding hydrogens is 254 g/mol. The first-order valence-corrected chi connectivity index (χ1v) is 7.28. The predicted octanol–water partition coefficient (Wildman–Crippen LogP) is 2.22. The molecule has 1 fully saturated rings. The van der Waals surface area contributed by atoms with Crippen molar-refractivity contribution in [3.8, 4) is 5.75 Å². The van der Waals surface area contributed by atoms with E-state index in [2.05, 4.69) is 0 Å². The molecule has 0 aliphatic carbocycles. The molecular formula is C16H23NO3. The van der Waals surface area contributed by atoms with E-state index in [9.17, 15) is 9.90 Å². The number of rotatable bonds is 5. The summed E-state index contributed by atoms with van der Waals surface area (Å²) in [4.78, 5) is 14.3. The Morgan fingerprint density at radius 1 is 1.40 bits per heavy atom. The highest BCUT2D eigenvalue weighted by Crippen LogP contribution is 2.23. The number of likely N-dealkylation sites (tertiary alicyclic amines) is 1. The highest BCUT2D eigenvalue weighted by molar-refractivity contribution is 5.81. The molecule has 0 saturated carbocycles. The Bertz CT molecular complexity index is 433. The van der Waals surface area contributed by atoms with E-state index >= 15 is 0 Å². The second kappa shape index (κ2) is 6.75. The number of aliphatic hydroxyl groups excluding tert-OH is 1. The third-order valence-corrected chi connectivity index (χ3v) is 3.68. The number of hydrogen-bond donors (Lipinski definition) is 1. The summed E-state index contributed by atoms with van der Waals surface area (Å²) in [6, 6.07) is 9.53. The van der Waals surface area contributed by atoms with E-state index in [1.165, 1.54) is 0 Å². The lowest BCUT2D eigenvalue weighted by molar-refractivity contribution is -0.139. The Labute approximate surface area is 120 Å². The highest BCUT2D eigenvalue weighted by Gasteiger charge is 2.32. The molecule has 0 bridgehead atoms. The molecule has 3 unspecified atom stereocenters. The second-order valence-electron chi connectivity index (χ2n) is 5.49. The van der Waals surface area contributed by atoms with E-state index in [0.29, 0.717) is 12.2 Å². The van der Waals surface area contributed by atoms with Gasteiger partial charge in [0.2, 0.25) is 0 Å². The third kappa shape index (κ3) is 3.73. The van der Waals surface area contributed by atoms with E-state index in [0.717, 1.165) is 19.4 Å². The van der Waals surface area contributed by atoms with Crippen LogP contribution in [0.3, 0.4) is 0 Å². The Morgan fingerprint density at radius 3 is 2.75 bits per heavy atom. The molecule has 1 aromatic rings. The van der Waals surface area contributed by atoms with Crippen molar-refractivity contribution in [2.24, 2.45) is 0 Å². The molecule has 3 atom stereocenters. The third-order valence-electron chi connectivity index (χ3n) is 3.68. The van der Waals surface area contributed by atoms with E-state index in [1.807, 2.05) is 35.2 Å². The van der Waals surface area contributed by atoms with Crippen LogP contribution in [0.4, 0.5) is 0 Å². The normalized spacial score (nSPS) is 21.6. The van der Waals surface area contributed by atoms with Gasteiger partial charge in [-0.3, -0.25) is 4.79 Å². The van der Waals surface area contributed by atoms with Gasteiger partial charge in [-0.1, -0.05) is 18.2 Å². The van der Waals surface area contributed by atoms with E-state index in [4.69, 9.17) is 4.74 Å². The fraction of sp³-hybridized carbons (Fsp3) is 0.562. The molecule has 0 radical (unpaired) electrons. The Kier molecular flexibility index (Phi) is 5.01. The fourth-order valence-electron chi connectivity index (χ4n) is 2.75. The van der Waals surface area contributed by atoms with Crippen molar-refractivity contribution in [1.29, 1.82) is 0 Å². The van der Waals surface area contributed by atoms with Crippen molar-refractivity contribution < 1.29 is 14.6 Å². The van der Waals surface area contributed by atoms with Gasteiger partial charge in [0.25, 0.3) is 5.91 Å². The molecule has 1 N–H and O–H groups in total. The van der Waals surface area contributed by atoms with Crippen LogP contribution in [-0.4, -0.2) is 40.7 Å². The molecule has 0 spiro atoms. The Balaban J connectivity index is 1.95. The summed E-state index contributed by atoms with van der Waals surface area (Å²) in [5.74, 6) is 0.719. The van der Waals surface area contributed by atoms with Gasteiger partial charge in [-0.05, 0) is 45.2 Å². The van der Waals surface area contributed by atoms with Gasteiger partial charge < -0.3 is 14.7 Å². The molecule has 1 aliphatic rings. The minimum Gasteiger partial charge on any atom is -0.481 e. The Morgan fingerprint density at radius 2 is 2.10 bits per heavy atom. The molecule has 0 aromatic heterocycles. The molecule has 1 aromatic carbocycles. The summed E-state index contributed by atoms with van der Waals surface area (Å²) in [6.45, 7) is 4.32. The van der Waals surface area contributed by atoms with Crippen molar-refractivity contribution in [3.05, 3.63) is 30.3 Å². The SMILES string of the molecule is CC(O)CC1CCCN1C(=O)C(C)Oc1ccccc1. The zero-order chi connectivity index (χ0) is 14.5. The minimum atomic E-state index is -0.494. The number of nitrogens with zero attached hydrogens (tertiary/aromatic N) is 1. The lowest BCUT2D eigenvalue weighted by atomic mass is 10.1. The quantitative estimate of drug-likeness (QED) is 0.897. The monoisotopic (exact) mass is 277 g/mol. The molecule has 1 aliphatic heterocycles. The second-order valence-corrected chi connectivity index (χ2v) is 5.49. The number of benzene rings is 1. The zero-order valence-electron chi connectivity index (χ0n) is 12.2. The summed E-state index contributed by atoms with van der Waals surface area (Å²) in [5, 5.41) is 9.52. The van der Waals surface area contributed by atoms with Gasteiger partial charge in [0.15, 0.2) is 6.10 Å². The highest BCUT2D eigenvalue weighted by atomic mass is 16.5. The molecule has 1 saturated heterocycles. The Hall–Kier alpha value is -1.55. The van der Waals surface area contributed by atoms with Crippen LogP contribution in [0.5, 0.6) is 5.75 Å². The van der Waals surface area contributed by atoms with Crippen LogP contribution in [0.25, 0.3) is 0 Å². The summed E-state index contributed by atoms with van der Waals surface area (Å²) in [5.41, 5.74) is 0. The summed E-state index contributed by atoms with van der Waals surface area (Å²) in [6.07, 6.45) is 1.74. The number of carbonyl (C=O) groups excluding carboxylic acids is 1. The van der Waals surface area contributed by atoms with Crippen LogP contribution in [-0.2, 0) is 4.79 Å². The average molecular weight is 277 g/mol. The number of aliphatic hydroxyl groups is 1. The summed E-state index contributed by atoms with van der Waals surface area (Å²) < 4.78 is 5.69. The van der Waals surface area contributed by atoms with Gasteiger partial charge in [0.1, 0.15) is 5.75 Å². The van der Waals surface area contributed by atoms with Crippen molar-refractivity contribution in [2.45, 2.75) is 51.4 Å². The predicted molar refractivity (Wildman–Crippen MR) is 77.6 cm³/mol. The number of ether oxygens (including phenoxy) is 1. The number of para-hydroxylation sites is 1. The molecule has 1 amide bonds. The van der Waals surface area contributed by atoms with Gasteiger partial charge in [0, 0.05) is 12.6 Å². The molecule has 2 rings (SSSR count). The molecule has 20 heavy (non-hydrogen) atoms. The van der Waals surface area contributed by atoms with Crippen molar-refractivity contribution in [3.63, 3.8) is 0 Å². The van der Waals surface area contributed by atoms with E-state index in [-0.39, 0.29) is 18.1 Å². The van der Waals surface area contributed by atoms with Crippen molar-refractivity contribution in [2.75, 3.05) is 6.54 Å². The van der Waals surface area contributed by atoms with E-state index < -0.39 is 6.10 Å². The van der Waals surface area contributed by atoms with Crippen molar-refractivity contribution >= 4 is 5.91 Å². The number of carbonyl (C=O) groups is 1. The summed E-state index contributed by atoms with van der Waals surface area (Å²) in [7, 11) is 0. The topological polar surface area (TPSA) is 49.8 Å². The molecule has 4 heteroatoms. The maximum atomic E-state index is 12.5. The molecule has 1 heterocycles. The van der Waals surface area contributed by atoms with Gasteiger partial charge >= 0.3 is 0 Å². The van der Waals surface area contributed by atoms with Gasteiger partial charge in [-0.25, -0.2) is 0 Å². The van der Waals surface area contributed by atoms with Crippen LogP contribution in [0.2, 0.25) is 0 Å². The fourth-order valence-corrected chi connectivity index (χ4v) is 2.75. The number of amides is 1. The van der Waals surface area contributed by atoms with Gasteiger partial charge in [-0.15, -0.1) is 0 Å². The average Bonchev–Trinajstić information content (AvgIpc) is 2.86. The van der Waals surface area contributed by atoms with Crippen molar-refractivity contribution in [1.82, 2.24) is 4.90 Å². The standard InChI is InChI=1S/C16H23NO3/c1-12(18)11-14-7-6-10-17(14)16(19)13(2)20-15-8-4-3-5-9-15/h3-5,8-9,12-14,18H,6-7,10-11H2,1-2H3. The first-order chi connectivity index (χ1) is 9.58. The lowest BCUT2D eigenvalue weighted by Gasteiger charge is -2.28. The largest absolute Gasteiger partial charge is 0.481 e. The van der Waals surface area contributed by atoms with Crippen LogP contribution in [0.15, 0.2) is 30.3 Å². The van der Waals surface area contributed by atoms with Crippen LogP contribution in [0.1, 0.15) is 33.1 Å². The summed E-state index contributed by atoms with van der Waals surface area (Å²) >= 11 is 0. The zero-order valence-corrected chi connectivity index (χ0v) is 12.2.